The van der Waals surface area contributed by atoms with Crippen LogP contribution in [0.2, 0.25) is 0 Å². The molecule has 2 aromatic carbocycles. The van der Waals surface area contributed by atoms with Gasteiger partial charge in [0.05, 0.1) is 6.61 Å². The molecule has 0 unspecified atom stereocenters. The zero-order chi connectivity index (χ0) is 20.1. The van der Waals surface area contributed by atoms with E-state index in [0.717, 1.165) is 44.9 Å². The highest BCUT2D eigenvalue weighted by Gasteiger charge is 2.27. The van der Waals surface area contributed by atoms with Crippen molar-refractivity contribution < 1.29 is 9.84 Å². The van der Waals surface area contributed by atoms with Gasteiger partial charge in [0.2, 0.25) is 0 Å². The van der Waals surface area contributed by atoms with Crippen molar-refractivity contribution in [1.82, 2.24) is 14.8 Å². The van der Waals surface area contributed by atoms with E-state index >= 15 is 0 Å². The number of nitrogens with zero attached hydrogens (tertiary/aromatic N) is 2. The highest BCUT2D eigenvalue weighted by Crippen LogP contribution is 2.23. The predicted octanol–water partition coefficient (Wildman–Crippen LogP) is 3.64. The van der Waals surface area contributed by atoms with Crippen molar-refractivity contribution in [3.05, 3.63) is 65.9 Å². The molecule has 29 heavy (non-hydrogen) atoms. The van der Waals surface area contributed by atoms with Crippen LogP contribution in [0.25, 0.3) is 10.9 Å². The number of hydrogen-bond acceptors (Lipinski definition) is 4. The number of aromatic nitrogens is 1. The third-order valence-electron chi connectivity index (χ3n) is 5.84. The maximum atomic E-state index is 9.62. The standard InChI is InChI=1S/C24H31N3O2/c1-2-29-22-9-7-19(8-10-22)16-27-13-12-26(18-21(27)11-14-28)17-20-15-25-24-6-4-3-5-23(20)24/h3-10,15,21,25,28H,2,11-14,16-18H2,1H3/t21-/m0/s1. The molecule has 0 bridgehead atoms. The first-order chi connectivity index (χ1) is 14.3. The van der Waals surface area contributed by atoms with Crippen molar-refractivity contribution in [3.8, 4) is 5.75 Å². The van der Waals surface area contributed by atoms with E-state index < -0.39 is 0 Å². The maximum absolute atomic E-state index is 9.62. The molecule has 1 fully saturated rings. The molecule has 0 aliphatic carbocycles. The van der Waals surface area contributed by atoms with Crippen molar-refractivity contribution in [2.24, 2.45) is 0 Å². The van der Waals surface area contributed by atoms with E-state index in [0.29, 0.717) is 12.6 Å². The Bertz CT molecular complexity index is 906. The fourth-order valence-corrected chi connectivity index (χ4v) is 4.33. The summed E-state index contributed by atoms with van der Waals surface area (Å²) in [5, 5.41) is 10.9. The van der Waals surface area contributed by atoms with Crippen LogP contribution in [0, 0.1) is 0 Å². The topological polar surface area (TPSA) is 51.7 Å². The second-order valence-corrected chi connectivity index (χ2v) is 7.81. The summed E-state index contributed by atoms with van der Waals surface area (Å²) in [5.41, 5.74) is 3.84. The molecule has 0 spiro atoms. The van der Waals surface area contributed by atoms with Crippen molar-refractivity contribution in [2.45, 2.75) is 32.5 Å². The number of nitrogens with one attached hydrogen (secondary N) is 1. The summed E-state index contributed by atoms with van der Waals surface area (Å²) in [6.45, 7) is 7.82. The van der Waals surface area contributed by atoms with E-state index in [1.807, 2.05) is 19.1 Å². The quantitative estimate of drug-likeness (QED) is 0.614. The van der Waals surface area contributed by atoms with Gasteiger partial charge in [-0.05, 0) is 42.7 Å². The van der Waals surface area contributed by atoms with Gasteiger partial charge in [-0.15, -0.1) is 0 Å². The van der Waals surface area contributed by atoms with Gasteiger partial charge in [0.25, 0.3) is 0 Å². The zero-order valence-corrected chi connectivity index (χ0v) is 17.2. The van der Waals surface area contributed by atoms with Gasteiger partial charge < -0.3 is 14.8 Å². The summed E-state index contributed by atoms with van der Waals surface area (Å²) in [6.07, 6.45) is 2.94. The molecular weight excluding hydrogens is 362 g/mol. The van der Waals surface area contributed by atoms with E-state index in [9.17, 15) is 5.11 Å². The fraction of sp³-hybridized carbons (Fsp3) is 0.417. The number of ether oxygens (including phenoxy) is 1. The van der Waals surface area contributed by atoms with Crippen LogP contribution in [-0.2, 0) is 13.1 Å². The van der Waals surface area contributed by atoms with Crippen molar-refractivity contribution >= 4 is 10.9 Å². The lowest BCUT2D eigenvalue weighted by Crippen LogP contribution is -2.52. The Morgan fingerprint density at radius 1 is 1.07 bits per heavy atom. The molecule has 2 N–H and O–H groups in total. The smallest absolute Gasteiger partial charge is 0.119 e. The molecule has 0 saturated carbocycles. The highest BCUT2D eigenvalue weighted by molar-refractivity contribution is 5.82. The third kappa shape index (κ3) is 4.81. The minimum absolute atomic E-state index is 0.228. The van der Waals surface area contributed by atoms with Gasteiger partial charge in [-0.1, -0.05) is 30.3 Å². The van der Waals surface area contributed by atoms with Crippen molar-refractivity contribution in [2.75, 3.05) is 32.8 Å². The van der Waals surface area contributed by atoms with Crippen molar-refractivity contribution in [3.63, 3.8) is 0 Å². The zero-order valence-electron chi connectivity index (χ0n) is 17.2. The van der Waals surface area contributed by atoms with Crippen LogP contribution in [0.1, 0.15) is 24.5 Å². The first-order valence-corrected chi connectivity index (χ1v) is 10.6. The summed E-state index contributed by atoms with van der Waals surface area (Å²) in [5.74, 6) is 0.923. The molecular formula is C24H31N3O2. The van der Waals surface area contributed by atoms with Crippen LogP contribution >= 0.6 is 0 Å². The number of hydrogen-bond donors (Lipinski definition) is 2. The molecule has 0 radical (unpaired) electrons. The number of aromatic amines is 1. The molecule has 5 nitrogen and oxygen atoms in total. The summed E-state index contributed by atoms with van der Waals surface area (Å²) < 4.78 is 5.55. The Kier molecular flexibility index (Phi) is 6.49. The summed E-state index contributed by atoms with van der Waals surface area (Å²) in [6, 6.07) is 17.3. The number of H-pyrrole nitrogens is 1. The molecule has 1 aliphatic rings. The van der Waals surface area contributed by atoms with Gasteiger partial charge in [-0.25, -0.2) is 0 Å². The lowest BCUT2D eigenvalue weighted by atomic mass is 10.1. The van der Waals surface area contributed by atoms with Crippen molar-refractivity contribution in [1.29, 1.82) is 0 Å². The SMILES string of the molecule is CCOc1ccc(CN2CCN(Cc3c[nH]c4ccccc34)C[C@@H]2CCO)cc1. The largest absolute Gasteiger partial charge is 0.494 e. The van der Waals surface area contributed by atoms with Crippen LogP contribution < -0.4 is 4.74 Å². The lowest BCUT2D eigenvalue weighted by molar-refractivity contribution is 0.0501. The maximum Gasteiger partial charge on any atom is 0.119 e. The molecule has 3 aromatic rings. The molecule has 4 rings (SSSR count). The minimum atomic E-state index is 0.228. The number of aliphatic hydroxyl groups excluding tert-OH is 1. The second kappa shape index (κ2) is 9.44. The molecule has 154 valence electrons. The van der Waals surface area contributed by atoms with E-state index in [1.165, 1.54) is 22.0 Å². The van der Waals surface area contributed by atoms with Crippen LogP contribution in [0.5, 0.6) is 5.75 Å². The van der Waals surface area contributed by atoms with E-state index in [2.05, 4.69) is 57.4 Å². The Hall–Kier alpha value is -2.34. The Labute approximate surface area is 172 Å². The normalized spacial score (nSPS) is 18.3. The molecule has 1 saturated heterocycles. The molecule has 0 amide bonds. The summed E-state index contributed by atoms with van der Waals surface area (Å²) in [4.78, 5) is 8.41. The van der Waals surface area contributed by atoms with Crippen LogP contribution in [0.3, 0.4) is 0 Å². The van der Waals surface area contributed by atoms with Gasteiger partial charge in [0.15, 0.2) is 0 Å². The van der Waals surface area contributed by atoms with Gasteiger partial charge in [0, 0.05) is 62.5 Å². The van der Waals surface area contributed by atoms with Crippen LogP contribution in [-0.4, -0.2) is 58.8 Å². The Morgan fingerprint density at radius 2 is 1.90 bits per heavy atom. The number of fused-ring (bicyclic) bond motifs is 1. The Morgan fingerprint density at radius 3 is 2.69 bits per heavy atom. The predicted molar refractivity (Wildman–Crippen MR) is 117 cm³/mol. The van der Waals surface area contributed by atoms with Crippen LogP contribution in [0.15, 0.2) is 54.7 Å². The number of aliphatic hydroxyl groups is 1. The molecule has 1 atom stereocenters. The first-order valence-electron chi connectivity index (χ1n) is 10.6. The van der Waals surface area contributed by atoms with Gasteiger partial charge in [0.1, 0.15) is 5.75 Å². The first kappa shape index (κ1) is 20.0. The minimum Gasteiger partial charge on any atom is -0.494 e. The van der Waals surface area contributed by atoms with E-state index in [-0.39, 0.29) is 6.61 Å². The fourth-order valence-electron chi connectivity index (χ4n) is 4.33. The average Bonchev–Trinajstić information content (AvgIpc) is 3.15. The van der Waals surface area contributed by atoms with Gasteiger partial charge >= 0.3 is 0 Å². The summed E-state index contributed by atoms with van der Waals surface area (Å²) in [7, 11) is 0. The van der Waals surface area contributed by atoms with E-state index in [4.69, 9.17) is 4.74 Å². The van der Waals surface area contributed by atoms with E-state index in [1.54, 1.807) is 0 Å². The highest BCUT2D eigenvalue weighted by atomic mass is 16.5. The monoisotopic (exact) mass is 393 g/mol. The van der Waals surface area contributed by atoms with Gasteiger partial charge in [-0.2, -0.15) is 0 Å². The summed E-state index contributed by atoms with van der Waals surface area (Å²) >= 11 is 0. The molecule has 5 heteroatoms. The number of para-hydroxylation sites is 1. The molecule has 1 aliphatic heterocycles. The number of piperazine rings is 1. The Balaban J connectivity index is 1.40. The third-order valence-corrected chi connectivity index (χ3v) is 5.84. The number of benzene rings is 2. The average molecular weight is 394 g/mol. The second-order valence-electron chi connectivity index (χ2n) is 7.81. The van der Waals surface area contributed by atoms with Gasteiger partial charge in [-0.3, -0.25) is 9.80 Å². The molecule has 2 heterocycles. The number of rotatable bonds is 8. The molecule has 1 aromatic heterocycles. The van der Waals surface area contributed by atoms with Crippen LogP contribution in [0.4, 0.5) is 0 Å². The lowest BCUT2D eigenvalue weighted by Gasteiger charge is -2.41.